The summed E-state index contributed by atoms with van der Waals surface area (Å²) in [7, 11) is 0. The second kappa shape index (κ2) is 3.05. The van der Waals surface area contributed by atoms with Crippen LogP contribution < -0.4 is 0 Å². The van der Waals surface area contributed by atoms with E-state index in [-0.39, 0.29) is 14.5 Å². The Morgan fingerprint density at radius 3 is 2.33 bits per heavy atom. The maximum absolute atomic E-state index is 12.1. The van der Waals surface area contributed by atoms with Crippen molar-refractivity contribution in [3.05, 3.63) is 20.5 Å². The SMILES string of the molecule is CC1(C)c2cc(C=O)[se]c2C(C)(C)N1[O]. The molecule has 0 saturated carbocycles. The topological polar surface area (TPSA) is 40.2 Å². The molecule has 81 valence electrons. The molecule has 4 heteroatoms. The molecule has 15 heavy (non-hydrogen) atoms. The van der Waals surface area contributed by atoms with Crippen LogP contribution in [0.5, 0.6) is 0 Å². The second-order valence-electron chi connectivity index (χ2n) is 4.92. The number of rotatable bonds is 1. The summed E-state index contributed by atoms with van der Waals surface area (Å²) in [6, 6.07) is 1.90. The van der Waals surface area contributed by atoms with E-state index < -0.39 is 11.1 Å². The summed E-state index contributed by atoms with van der Waals surface area (Å²) in [6.45, 7) is 7.72. The van der Waals surface area contributed by atoms with Crippen molar-refractivity contribution in [3.8, 4) is 0 Å². The molecule has 3 nitrogen and oxygen atoms in total. The van der Waals surface area contributed by atoms with E-state index in [9.17, 15) is 10.0 Å². The number of aldehydes is 1. The summed E-state index contributed by atoms with van der Waals surface area (Å²) in [6.07, 6.45) is 0.916. The number of nitrogens with zero attached hydrogens (tertiary/aromatic N) is 1. The van der Waals surface area contributed by atoms with Gasteiger partial charge >= 0.3 is 95.1 Å². The molecule has 2 heterocycles. The average molecular weight is 271 g/mol. The molecule has 0 N–H and O–H groups in total. The Hall–Kier alpha value is -0.411. The van der Waals surface area contributed by atoms with Gasteiger partial charge in [-0.3, -0.25) is 0 Å². The zero-order valence-corrected chi connectivity index (χ0v) is 11.0. The van der Waals surface area contributed by atoms with Crippen molar-refractivity contribution in [1.82, 2.24) is 5.06 Å². The number of carbonyl (C=O) groups is 1. The third kappa shape index (κ3) is 1.29. The molecule has 0 fully saturated rings. The Morgan fingerprint density at radius 2 is 1.87 bits per heavy atom. The van der Waals surface area contributed by atoms with E-state index >= 15 is 0 Å². The van der Waals surface area contributed by atoms with Gasteiger partial charge in [-0.05, 0) is 0 Å². The van der Waals surface area contributed by atoms with Gasteiger partial charge in [-0.1, -0.05) is 0 Å². The molecule has 0 amide bonds. The van der Waals surface area contributed by atoms with Gasteiger partial charge in [0.15, 0.2) is 0 Å². The summed E-state index contributed by atoms with van der Waals surface area (Å²) in [5, 5.41) is 13.3. The van der Waals surface area contributed by atoms with Gasteiger partial charge in [0.05, 0.1) is 0 Å². The molecule has 1 aromatic heterocycles. The minimum atomic E-state index is -0.495. The molecule has 2 rings (SSSR count). The molecule has 0 bridgehead atoms. The first-order valence-corrected chi connectivity index (χ1v) is 6.60. The van der Waals surface area contributed by atoms with E-state index in [1.165, 1.54) is 0 Å². The zero-order valence-electron chi connectivity index (χ0n) is 9.33. The predicted molar refractivity (Wildman–Crippen MR) is 57.3 cm³/mol. The minimum absolute atomic E-state index is 0.0387. The molecule has 1 aliphatic heterocycles. The number of hydrogen-bond acceptors (Lipinski definition) is 2. The number of carbonyl (C=O) groups excluding carboxylic acids is 1. The summed E-state index contributed by atoms with van der Waals surface area (Å²) < 4.78 is 2.01. The van der Waals surface area contributed by atoms with Crippen LogP contribution in [0, 0.1) is 0 Å². The van der Waals surface area contributed by atoms with Crippen molar-refractivity contribution in [2.24, 2.45) is 0 Å². The van der Waals surface area contributed by atoms with Crippen molar-refractivity contribution < 1.29 is 10.0 Å². The molecule has 1 aromatic rings. The van der Waals surface area contributed by atoms with Gasteiger partial charge in [-0.25, -0.2) is 0 Å². The molecule has 1 radical (unpaired) electrons. The summed E-state index contributed by atoms with van der Waals surface area (Å²) in [4.78, 5) is 10.8. The Labute approximate surface area is 95.4 Å². The molecule has 0 aromatic carbocycles. The Balaban J connectivity index is 2.66. The molecule has 1 aliphatic rings. The number of fused-ring (bicyclic) bond motifs is 1. The van der Waals surface area contributed by atoms with Crippen LogP contribution in [0.4, 0.5) is 0 Å². The summed E-state index contributed by atoms with van der Waals surface area (Å²) in [5.74, 6) is 0. The van der Waals surface area contributed by atoms with E-state index in [4.69, 9.17) is 0 Å². The van der Waals surface area contributed by atoms with E-state index in [0.717, 1.165) is 25.8 Å². The summed E-state index contributed by atoms with van der Waals surface area (Å²) >= 11 is 0.0387. The van der Waals surface area contributed by atoms with E-state index in [1.54, 1.807) is 0 Å². The van der Waals surface area contributed by atoms with E-state index in [1.807, 2.05) is 33.8 Å². The summed E-state index contributed by atoms with van der Waals surface area (Å²) in [5.41, 5.74) is 0.107. The molecule has 0 spiro atoms. The fraction of sp³-hybridized carbons (Fsp3) is 0.545. The normalized spacial score (nSPS) is 22.7. The predicted octanol–water partition coefficient (Wildman–Crippen LogP) is 1.69. The molecule has 0 aliphatic carbocycles. The Bertz CT molecular complexity index is 387. The third-order valence-electron chi connectivity index (χ3n) is 3.10. The molecule has 0 atom stereocenters. The third-order valence-corrected chi connectivity index (χ3v) is 5.98. The first-order chi connectivity index (χ1) is 6.81. The van der Waals surface area contributed by atoms with Crippen molar-refractivity contribution >= 4 is 20.8 Å². The zero-order chi connectivity index (χ0) is 11.4. The maximum atomic E-state index is 12.1. The fourth-order valence-electron chi connectivity index (χ4n) is 2.28. The Kier molecular flexibility index (Phi) is 2.25. The van der Waals surface area contributed by atoms with Crippen LogP contribution in [0.15, 0.2) is 6.07 Å². The van der Waals surface area contributed by atoms with Crippen molar-refractivity contribution in [1.29, 1.82) is 0 Å². The van der Waals surface area contributed by atoms with E-state index in [2.05, 4.69) is 0 Å². The van der Waals surface area contributed by atoms with Crippen LogP contribution in [0.3, 0.4) is 0 Å². The van der Waals surface area contributed by atoms with Crippen LogP contribution in [-0.4, -0.2) is 25.9 Å². The molecular formula is C11H14NO2Se. The van der Waals surface area contributed by atoms with Gasteiger partial charge in [0.1, 0.15) is 0 Å². The van der Waals surface area contributed by atoms with Gasteiger partial charge in [-0.15, -0.1) is 0 Å². The Morgan fingerprint density at radius 1 is 1.27 bits per heavy atom. The van der Waals surface area contributed by atoms with Crippen LogP contribution in [-0.2, 0) is 16.3 Å². The van der Waals surface area contributed by atoms with Crippen molar-refractivity contribution in [2.45, 2.75) is 38.8 Å². The molecule has 0 saturated heterocycles. The van der Waals surface area contributed by atoms with Crippen LogP contribution >= 0.6 is 0 Å². The van der Waals surface area contributed by atoms with Crippen molar-refractivity contribution in [2.75, 3.05) is 0 Å². The standard InChI is InChI=1S/C11H14NO2Se/c1-10(2)8-5-7(6-13)15-9(8)11(3,4)12(10)14/h5-6H,1-4H3. The van der Waals surface area contributed by atoms with E-state index in [0.29, 0.717) is 0 Å². The van der Waals surface area contributed by atoms with Crippen LogP contribution in [0.2, 0.25) is 0 Å². The number of hydroxylamine groups is 2. The van der Waals surface area contributed by atoms with Gasteiger partial charge < -0.3 is 0 Å². The van der Waals surface area contributed by atoms with Crippen molar-refractivity contribution in [3.63, 3.8) is 0 Å². The van der Waals surface area contributed by atoms with Crippen LogP contribution in [0.25, 0.3) is 0 Å². The quantitative estimate of drug-likeness (QED) is 0.576. The fourth-order valence-corrected chi connectivity index (χ4v) is 4.82. The van der Waals surface area contributed by atoms with Gasteiger partial charge in [0, 0.05) is 0 Å². The monoisotopic (exact) mass is 272 g/mol. The molecule has 0 unspecified atom stereocenters. The first-order valence-electron chi connectivity index (χ1n) is 4.89. The van der Waals surface area contributed by atoms with Gasteiger partial charge in [0.25, 0.3) is 0 Å². The van der Waals surface area contributed by atoms with Gasteiger partial charge in [-0.2, -0.15) is 0 Å². The van der Waals surface area contributed by atoms with Gasteiger partial charge in [0.2, 0.25) is 0 Å². The second-order valence-corrected chi connectivity index (χ2v) is 7.20. The molecular weight excluding hydrogens is 257 g/mol. The average Bonchev–Trinajstić information content (AvgIpc) is 2.64. The van der Waals surface area contributed by atoms with Crippen LogP contribution in [0.1, 0.15) is 46.9 Å². The number of hydrogen-bond donors (Lipinski definition) is 0. The first kappa shape index (κ1) is 11.1.